The standard InChI is InChI=1S/C19H24N4O2/c1-19(2,17(24)22-14-16-6-11-21-12-7-16)18(25)23(3)13-8-15-4-9-20-10-5-15/h4-7,9-12H,8,13-14H2,1-3H3,(H,22,24). The Kier molecular flexibility index (Phi) is 6.22. The third-order valence-electron chi connectivity index (χ3n) is 4.14. The molecule has 0 saturated heterocycles. The van der Waals surface area contributed by atoms with Gasteiger partial charge in [-0.25, -0.2) is 0 Å². The molecule has 1 N–H and O–H groups in total. The van der Waals surface area contributed by atoms with Gasteiger partial charge in [0.05, 0.1) is 0 Å². The summed E-state index contributed by atoms with van der Waals surface area (Å²) in [6, 6.07) is 7.50. The normalized spacial score (nSPS) is 11.0. The molecule has 6 heteroatoms. The summed E-state index contributed by atoms with van der Waals surface area (Å²) in [6.07, 6.45) is 7.52. The fourth-order valence-corrected chi connectivity index (χ4v) is 2.43. The number of pyridine rings is 2. The molecule has 0 bridgehead atoms. The summed E-state index contributed by atoms with van der Waals surface area (Å²) < 4.78 is 0. The van der Waals surface area contributed by atoms with E-state index >= 15 is 0 Å². The zero-order valence-electron chi connectivity index (χ0n) is 14.9. The SMILES string of the molecule is CN(CCc1ccncc1)C(=O)C(C)(C)C(=O)NCc1ccncc1. The highest BCUT2D eigenvalue weighted by atomic mass is 16.2. The van der Waals surface area contributed by atoms with Crippen molar-refractivity contribution in [2.24, 2.45) is 5.41 Å². The maximum absolute atomic E-state index is 12.7. The average molecular weight is 340 g/mol. The summed E-state index contributed by atoms with van der Waals surface area (Å²) in [7, 11) is 1.72. The van der Waals surface area contributed by atoms with Crippen molar-refractivity contribution in [2.75, 3.05) is 13.6 Å². The Hall–Kier alpha value is -2.76. The van der Waals surface area contributed by atoms with Crippen molar-refractivity contribution in [2.45, 2.75) is 26.8 Å². The molecule has 0 aliphatic heterocycles. The Bertz CT molecular complexity index is 702. The lowest BCUT2D eigenvalue weighted by molar-refractivity contribution is -0.147. The number of nitrogens with zero attached hydrogens (tertiary/aromatic N) is 3. The van der Waals surface area contributed by atoms with Crippen LogP contribution in [0.3, 0.4) is 0 Å². The first-order chi connectivity index (χ1) is 11.9. The first-order valence-corrected chi connectivity index (χ1v) is 8.23. The van der Waals surface area contributed by atoms with Crippen LogP contribution in [0.5, 0.6) is 0 Å². The van der Waals surface area contributed by atoms with E-state index in [9.17, 15) is 9.59 Å². The Morgan fingerprint density at radius 3 is 2.08 bits per heavy atom. The molecule has 0 unspecified atom stereocenters. The van der Waals surface area contributed by atoms with Gasteiger partial charge in [-0.1, -0.05) is 0 Å². The van der Waals surface area contributed by atoms with Crippen molar-refractivity contribution in [1.29, 1.82) is 0 Å². The van der Waals surface area contributed by atoms with Crippen molar-refractivity contribution in [3.8, 4) is 0 Å². The fraction of sp³-hybridized carbons (Fsp3) is 0.368. The summed E-state index contributed by atoms with van der Waals surface area (Å²) in [5.41, 5.74) is 0.923. The highest BCUT2D eigenvalue weighted by molar-refractivity contribution is 6.04. The number of amides is 2. The lowest BCUT2D eigenvalue weighted by atomic mass is 9.90. The second kappa shape index (κ2) is 8.37. The predicted molar refractivity (Wildman–Crippen MR) is 95.4 cm³/mol. The predicted octanol–water partition coefficient (Wildman–Crippen LogP) is 1.82. The van der Waals surface area contributed by atoms with Crippen LogP contribution in [0.2, 0.25) is 0 Å². The van der Waals surface area contributed by atoms with Crippen LogP contribution in [0.4, 0.5) is 0 Å². The molecule has 0 spiro atoms. The topological polar surface area (TPSA) is 75.2 Å². The molecule has 2 aromatic heterocycles. The molecule has 2 rings (SSSR count). The van der Waals surface area contributed by atoms with Crippen molar-refractivity contribution in [3.63, 3.8) is 0 Å². The summed E-state index contributed by atoms with van der Waals surface area (Å²) in [5.74, 6) is -0.487. The maximum atomic E-state index is 12.7. The molecule has 0 aliphatic rings. The Morgan fingerprint density at radius 1 is 1.00 bits per heavy atom. The molecule has 132 valence electrons. The highest BCUT2D eigenvalue weighted by Crippen LogP contribution is 2.19. The lowest BCUT2D eigenvalue weighted by Gasteiger charge is -2.28. The highest BCUT2D eigenvalue weighted by Gasteiger charge is 2.37. The number of carbonyl (C=O) groups is 2. The first kappa shape index (κ1) is 18.6. The van der Waals surface area contributed by atoms with E-state index in [1.165, 1.54) is 0 Å². The molecule has 0 atom stereocenters. The first-order valence-electron chi connectivity index (χ1n) is 8.23. The van der Waals surface area contributed by atoms with Crippen LogP contribution < -0.4 is 5.32 Å². The number of aromatic nitrogens is 2. The van der Waals surface area contributed by atoms with Gasteiger partial charge in [-0.2, -0.15) is 0 Å². The van der Waals surface area contributed by atoms with Gasteiger partial charge in [0.15, 0.2) is 0 Å². The van der Waals surface area contributed by atoms with Crippen LogP contribution in [-0.2, 0) is 22.6 Å². The lowest BCUT2D eigenvalue weighted by Crippen LogP contribution is -2.48. The zero-order valence-corrected chi connectivity index (χ0v) is 14.9. The van der Waals surface area contributed by atoms with E-state index < -0.39 is 5.41 Å². The molecule has 25 heavy (non-hydrogen) atoms. The van der Waals surface area contributed by atoms with Crippen LogP contribution >= 0.6 is 0 Å². The average Bonchev–Trinajstić information content (AvgIpc) is 2.65. The molecule has 0 radical (unpaired) electrons. The smallest absolute Gasteiger partial charge is 0.237 e. The van der Waals surface area contributed by atoms with Gasteiger partial charge in [-0.05, 0) is 55.7 Å². The molecular weight excluding hydrogens is 316 g/mol. The number of hydrogen-bond acceptors (Lipinski definition) is 4. The molecule has 2 amide bonds. The van der Waals surface area contributed by atoms with Crippen LogP contribution in [-0.4, -0.2) is 40.3 Å². The Balaban J connectivity index is 1.89. The van der Waals surface area contributed by atoms with E-state index in [1.807, 2.05) is 24.3 Å². The van der Waals surface area contributed by atoms with Gasteiger partial charge in [-0.15, -0.1) is 0 Å². The minimum absolute atomic E-state index is 0.200. The zero-order chi connectivity index (χ0) is 18.3. The number of rotatable bonds is 7. The number of hydrogen-bond donors (Lipinski definition) is 1. The summed E-state index contributed by atoms with van der Waals surface area (Å²) in [6.45, 7) is 4.23. The Labute approximate surface area is 148 Å². The van der Waals surface area contributed by atoms with Gasteiger partial charge in [0.25, 0.3) is 0 Å². The van der Waals surface area contributed by atoms with E-state index in [4.69, 9.17) is 0 Å². The molecule has 0 fully saturated rings. The molecule has 2 aromatic rings. The maximum Gasteiger partial charge on any atom is 0.237 e. The molecular formula is C19H24N4O2. The third-order valence-corrected chi connectivity index (χ3v) is 4.14. The van der Waals surface area contributed by atoms with Gasteiger partial charge in [0, 0.05) is 44.9 Å². The van der Waals surface area contributed by atoms with Gasteiger partial charge >= 0.3 is 0 Å². The largest absolute Gasteiger partial charge is 0.351 e. The van der Waals surface area contributed by atoms with Crippen molar-refractivity contribution in [3.05, 3.63) is 60.2 Å². The van der Waals surface area contributed by atoms with Gasteiger partial charge < -0.3 is 10.2 Å². The van der Waals surface area contributed by atoms with E-state index in [-0.39, 0.29) is 11.8 Å². The van der Waals surface area contributed by atoms with Crippen LogP contribution in [0.15, 0.2) is 49.1 Å². The van der Waals surface area contributed by atoms with E-state index in [0.717, 1.165) is 17.5 Å². The second-order valence-electron chi connectivity index (χ2n) is 6.50. The van der Waals surface area contributed by atoms with Crippen molar-refractivity contribution >= 4 is 11.8 Å². The number of likely N-dealkylation sites (N-methyl/N-ethyl adjacent to an activating group) is 1. The summed E-state index contributed by atoms with van der Waals surface area (Å²) >= 11 is 0. The molecule has 2 heterocycles. The monoisotopic (exact) mass is 340 g/mol. The molecule has 6 nitrogen and oxygen atoms in total. The van der Waals surface area contributed by atoms with E-state index in [0.29, 0.717) is 13.1 Å². The van der Waals surface area contributed by atoms with Crippen LogP contribution in [0.25, 0.3) is 0 Å². The Morgan fingerprint density at radius 2 is 1.52 bits per heavy atom. The minimum atomic E-state index is -1.12. The molecule has 0 aromatic carbocycles. The number of carbonyl (C=O) groups excluding carboxylic acids is 2. The van der Waals surface area contributed by atoms with E-state index in [1.54, 1.807) is 50.6 Å². The molecule has 0 aliphatic carbocycles. The quantitative estimate of drug-likeness (QED) is 0.780. The third kappa shape index (κ3) is 5.11. The van der Waals surface area contributed by atoms with Crippen LogP contribution in [0, 0.1) is 5.41 Å². The van der Waals surface area contributed by atoms with Gasteiger partial charge in [0.1, 0.15) is 5.41 Å². The number of nitrogens with one attached hydrogen (secondary N) is 1. The summed E-state index contributed by atoms with van der Waals surface area (Å²) in [5, 5.41) is 2.83. The van der Waals surface area contributed by atoms with Gasteiger partial charge in [0.2, 0.25) is 11.8 Å². The van der Waals surface area contributed by atoms with Gasteiger partial charge in [-0.3, -0.25) is 19.6 Å². The fourth-order valence-electron chi connectivity index (χ4n) is 2.43. The van der Waals surface area contributed by atoms with Crippen molar-refractivity contribution in [1.82, 2.24) is 20.2 Å². The summed E-state index contributed by atoms with van der Waals surface area (Å²) in [4.78, 5) is 34.7. The van der Waals surface area contributed by atoms with E-state index in [2.05, 4.69) is 15.3 Å². The minimum Gasteiger partial charge on any atom is -0.351 e. The molecule has 0 saturated carbocycles. The van der Waals surface area contributed by atoms with Crippen LogP contribution in [0.1, 0.15) is 25.0 Å². The van der Waals surface area contributed by atoms with Crippen molar-refractivity contribution < 1.29 is 9.59 Å². The second-order valence-corrected chi connectivity index (χ2v) is 6.50.